The summed E-state index contributed by atoms with van der Waals surface area (Å²) in [5, 5.41) is 2.87. The van der Waals surface area contributed by atoms with E-state index in [1.807, 2.05) is 26.0 Å². The van der Waals surface area contributed by atoms with Crippen LogP contribution in [-0.4, -0.2) is 24.8 Å². The quantitative estimate of drug-likeness (QED) is 0.918. The molecule has 1 unspecified atom stereocenters. The topological polar surface area (TPSA) is 44.7 Å². The van der Waals surface area contributed by atoms with Crippen LogP contribution in [0.3, 0.4) is 0 Å². The van der Waals surface area contributed by atoms with E-state index in [-0.39, 0.29) is 17.9 Å². The largest absolute Gasteiger partial charge is 0.372 e. The maximum Gasteiger partial charge on any atom is 0.254 e. The van der Waals surface area contributed by atoms with E-state index in [1.165, 1.54) is 18.5 Å². The van der Waals surface area contributed by atoms with Crippen LogP contribution in [0.4, 0.5) is 5.69 Å². The molecule has 0 bridgehead atoms. The number of anilines is 1. The van der Waals surface area contributed by atoms with Gasteiger partial charge in [-0.2, -0.15) is 0 Å². The molecule has 2 aliphatic heterocycles. The third-order valence-electron chi connectivity index (χ3n) is 3.99. The molecular formula is C16H21N3O. The van der Waals surface area contributed by atoms with Crippen molar-refractivity contribution in [3.8, 4) is 0 Å². The number of amidine groups is 1. The molecule has 2 heterocycles. The highest BCUT2D eigenvalue weighted by Gasteiger charge is 2.28. The van der Waals surface area contributed by atoms with Crippen LogP contribution >= 0.6 is 0 Å². The predicted molar refractivity (Wildman–Crippen MR) is 81.0 cm³/mol. The molecule has 1 N–H and O–H groups in total. The highest BCUT2D eigenvalue weighted by Crippen LogP contribution is 2.26. The lowest BCUT2D eigenvalue weighted by Gasteiger charge is -2.18. The van der Waals surface area contributed by atoms with Gasteiger partial charge in [0.25, 0.3) is 5.91 Å². The van der Waals surface area contributed by atoms with Gasteiger partial charge in [-0.15, -0.1) is 0 Å². The molecule has 2 aliphatic rings. The Bertz CT molecular complexity index is 527. The minimum absolute atomic E-state index is 0.0115. The number of nitrogens with one attached hydrogen (secondary N) is 1. The van der Waals surface area contributed by atoms with Crippen molar-refractivity contribution < 1.29 is 4.79 Å². The van der Waals surface area contributed by atoms with Gasteiger partial charge in [0.2, 0.25) is 0 Å². The summed E-state index contributed by atoms with van der Waals surface area (Å²) in [5.74, 6) is 1.04. The molecule has 0 radical (unpaired) electrons. The van der Waals surface area contributed by atoms with Crippen LogP contribution in [0.15, 0.2) is 29.3 Å². The lowest BCUT2D eigenvalue weighted by Crippen LogP contribution is -2.28. The van der Waals surface area contributed by atoms with Crippen LogP contribution in [0.25, 0.3) is 0 Å². The SMILES string of the molecule is CC(C)C1=NC(c2ccc(N3CCCC3)cc2)C(=O)N1. The van der Waals surface area contributed by atoms with Crippen molar-refractivity contribution in [3.05, 3.63) is 29.8 Å². The van der Waals surface area contributed by atoms with Gasteiger partial charge in [-0.3, -0.25) is 9.79 Å². The van der Waals surface area contributed by atoms with E-state index in [1.54, 1.807) is 0 Å². The van der Waals surface area contributed by atoms with Gasteiger partial charge in [-0.25, -0.2) is 0 Å². The highest BCUT2D eigenvalue weighted by atomic mass is 16.2. The van der Waals surface area contributed by atoms with Gasteiger partial charge in [0, 0.05) is 24.7 Å². The van der Waals surface area contributed by atoms with Gasteiger partial charge in [0.05, 0.1) is 0 Å². The van der Waals surface area contributed by atoms with Crippen molar-refractivity contribution in [2.45, 2.75) is 32.7 Å². The smallest absolute Gasteiger partial charge is 0.254 e. The third-order valence-corrected chi connectivity index (χ3v) is 3.99. The molecule has 1 aromatic carbocycles. The van der Waals surface area contributed by atoms with Crippen molar-refractivity contribution in [2.24, 2.45) is 10.9 Å². The summed E-state index contributed by atoms with van der Waals surface area (Å²) in [7, 11) is 0. The molecule has 1 fully saturated rings. The van der Waals surface area contributed by atoms with Gasteiger partial charge >= 0.3 is 0 Å². The maximum atomic E-state index is 12.0. The third kappa shape index (κ3) is 2.42. The summed E-state index contributed by atoms with van der Waals surface area (Å²) in [6.07, 6.45) is 2.55. The Morgan fingerprint density at radius 3 is 2.40 bits per heavy atom. The van der Waals surface area contributed by atoms with Gasteiger partial charge < -0.3 is 10.2 Å². The highest BCUT2D eigenvalue weighted by molar-refractivity contribution is 6.06. The van der Waals surface area contributed by atoms with Crippen molar-refractivity contribution in [1.29, 1.82) is 0 Å². The molecule has 4 nitrogen and oxygen atoms in total. The lowest BCUT2D eigenvalue weighted by atomic mass is 10.1. The molecule has 0 aromatic heterocycles. The summed E-state index contributed by atoms with van der Waals surface area (Å²) < 4.78 is 0. The van der Waals surface area contributed by atoms with E-state index in [4.69, 9.17) is 0 Å². The first kappa shape index (κ1) is 13.2. The Labute approximate surface area is 119 Å². The molecule has 1 aromatic rings. The van der Waals surface area contributed by atoms with Crippen molar-refractivity contribution in [2.75, 3.05) is 18.0 Å². The Kier molecular flexibility index (Phi) is 3.47. The van der Waals surface area contributed by atoms with Crippen LogP contribution < -0.4 is 10.2 Å². The zero-order valence-electron chi connectivity index (χ0n) is 12.1. The zero-order valence-corrected chi connectivity index (χ0v) is 12.1. The summed E-state index contributed by atoms with van der Waals surface area (Å²) in [5.41, 5.74) is 2.22. The second-order valence-electron chi connectivity index (χ2n) is 5.85. The second-order valence-corrected chi connectivity index (χ2v) is 5.85. The number of aliphatic imine (C=N–C) groups is 1. The fraction of sp³-hybridized carbons (Fsp3) is 0.500. The second kappa shape index (κ2) is 5.27. The normalized spacial score (nSPS) is 22.4. The molecule has 0 aliphatic carbocycles. The minimum atomic E-state index is -0.375. The van der Waals surface area contributed by atoms with E-state index in [0.717, 1.165) is 24.5 Å². The average Bonchev–Trinajstić information content (AvgIpc) is 3.08. The van der Waals surface area contributed by atoms with Crippen LogP contribution in [0.1, 0.15) is 38.3 Å². The monoisotopic (exact) mass is 271 g/mol. The first-order valence-electron chi connectivity index (χ1n) is 7.38. The Morgan fingerprint density at radius 1 is 1.20 bits per heavy atom. The summed E-state index contributed by atoms with van der Waals surface area (Å²) in [6.45, 7) is 6.35. The fourth-order valence-corrected chi connectivity index (χ4v) is 2.79. The predicted octanol–water partition coefficient (Wildman–Crippen LogP) is 2.51. The molecular weight excluding hydrogens is 250 g/mol. The number of amides is 1. The van der Waals surface area contributed by atoms with E-state index >= 15 is 0 Å². The van der Waals surface area contributed by atoms with E-state index in [0.29, 0.717) is 0 Å². The summed E-state index contributed by atoms with van der Waals surface area (Å²) in [6, 6.07) is 7.91. The first-order valence-corrected chi connectivity index (χ1v) is 7.38. The Hall–Kier alpha value is -1.84. The number of benzene rings is 1. The Morgan fingerprint density at radius 2 is 1.85 bits per heavy atom. The van der Waals surface area contributed by atoms with E-state index in [2.05, 4.69) is 27.3 Å². The van der Waals surface area contributed by atoms with Gasteiger partial charge in [0.15, 0.2) is 6.04 Å². The first-order chi connectivity index (χ1) is 9.65. The van der Waals surface area contributed by atoms with Crippen molar-refractivity contribution >= 4 is 17.4 Å². The Balaban J connectivity index is 1.79. The van der Waals surface area contributed by atoms with Crippen LogP contribution in [0.5, 0.6) is 0 Å². The molecule has 0 spiro atoms. The molecule has 3 rings (SSSR count). The molecule has 1 saturated heterocycles. The number of rotatable bonds is 3. The number of hydrogen-bond acceptors (Lipinski definition) is 3. The molecule has 1 amide bonds. The van der Waals surface area contributed by atoms with Crippen molar-refractivity contribution in [3.63, 3.8) is 0 Å². The van der Waals surface area contributed by atoms with E-state index in [9.17, 15) is 4.79 Å². The minimum Gasteiger partial charge on any atom is -0.372 e. The summed E-state index contributed by atoms with van der Waals surface area (Å²) >= 11 is 0. The zero-order chi connectivity index (χ0) is 14.1. The fourth-order valence-electron chi connectivity index (χ4n) is 2.79. The number of hydrogen-bond donors (Lipinski definition) is 1. The molecule has 4 heteroatoms. The molecule has 1 atom stereocenters. The number of carbonyl (C=O) groups is 1. The molecule has 20 heavy (non-hydrogen) atoms. The lowest BCUT2D eigenvalue weighted by molar-refractivity contribution is -0.120. The maximum absolute atomic E-state index is 12.0. The van der Waals surface area contributed by atoms with Crippen molar-refractivity contribution in [1.82, 2.24) is 5.32 Å². The van der Waals surface area contributed by atoms with Crippen LogP contribution in [0.2, 0.25) is 0 Å². The van der Waals surface area contributed by atoms with Crippen LogP contribution in [-0.2, 0) is 4.79 Å². The van der Waals surface area contributed by atoms with Gasteiger partial charge in [0.1, 0.15) is 5.84 Å². The number of carbonyl (C=O) groups excluding carboxylic acids is 1. The average molecular weight is 271 g/mol. The molecule has 106 valence electrons. The summed E-state index contributed by atoms with van der Waals surface area (Å²) in [4.78, 5) is 18.9. The number of nitrogens with zero attached hydrogens (tertiary/aromatic N) is 2. The van der Waals surface area contributed by atoms with Gasteiger partial charge in [-0.1, -0.05) is 26.0 Å². The van der Waals surface area contributed by atoms with Crippen LogP contribution in [0, 0.1) is 5.92 Å². The standard InChI is InChI=1S/C16H21N3O/c1-11(2)15-17-14(16(20)18-15)12-5-7-13(8-6-12)19-9-3-4-10-19/h5-8,11,14H,3-4,9-10H2,1-2H3,(H,17,18,20). The van der Waals surface area contributed by atoms with E-state index < -0.39 is 0 Å². The molecule has 0 saturated carbocycles. The van der Waals surface area contributed by atoms with Gasteiger partial charge in [-0.05, 0) is 30.5 Å².